The van der Waals surface area contributed by atoms with E-state index in [-0.39, 0.29) is 11.6 Å². The van der Waals surface area contributed by atoms with Gasteiger partial charge in [0.15, 0.2) is 11.5 Å². The Bertz CT molecular complexity index is 662. The van der Waals surface area contributed by atoms with Gasteiger partial charge < -0.3 is 14.4 Å². The first kappa shape index (κ1) is 13.7. The van der Waals surface area contributed by atoms with Crippen LogP contribution in [0.4, 0.5) is 0 Å². The van der Waals surface area contributed by atoms with Crippen molar-refractivity contribution in [1.82, 2.24) is 19.5 Å². The zero-order valence-electron chi connectivity index (χ0n) is 11.7. The maximum absolute atomic E-state index is 11.3. The average Bonchev–Trinajstić information content (AvgIpc) is 2.94. The number of rotatable bonds is 3. The number of carboxylic acid groups (broad SMARTS) is 1. The van der Waals surface area contributed by atoms with E-state index in [1.54, 1.807) is 23.2 Å². The van der Waals surface area contributed by atoms with Gasteiger partial charge in [-0.1, -0.05) is 0 Å². The monoisotopic (exact) mass is 288 g/mol. The minimum absolute atomic E-state index is 0.0164. The molecule has 0 bridgehead atoms. The lowest BCUT2D eigenvalue weighted by molar-refractivity contribution is 0.0689. The Balaban J connectivity index is 2.06. The van der Waals surface area contributed by atoms with Crippen molar-refractivity contribution < 1.29 is 14.6 Å². The van der Waals surface area contributed by atoms with Crippen molar-refractivity contribution >= 4 is 5.97 Å². The standard InChI is InChI=1S/C14H16N4O3/c1-18-8-15-7-12(18)13-16-10(6-11(17-13)14(19)20)9-2-4-21-5-3-9/h6-9H,2-5H2,1H3,(H,19,20). The summed E-state index contributed by atoms with van der Waals surface area (Å²) in [5.74, 6) is -0.433. The van der Waals surface area contributed by atoms with Crippen molar-refractivity contribution in [2.24, 2.45) is 7.05 Å². The molecular formula is C14H16N4O3. The van der Waals surface area contributed by atoms with E-state index in [9.17, 15) is 9.90 Å². The number of carbonyl (C=O) groups is 1. The Kier molecular flexibility index (Phi) is 3.66. The molecule has 0 saturated carbocycles. The molecule has 2 aromatic heterocycles. The number of aromatic nitrogens is 4. The summed E-state index contributed by atoms with van der Waals surface area (Å²) in [7, 11) is 1.83. The SMILES string of the molecule is Cn1cncc1-c1nc(C(=O)O)cc(C2CCOCC2)n1. The zero-order valence-corrected chi connectivity index (χ0v) is 11.7. The van der Waals surface area contributed by atoms with Crippen molar-refractivity contribution in [3.05, 3.63) is 30.0 Å². The van der Waals surface area contributed by atoms with Crippen LogP contribution in [0.2, 0.25) is 0 Å². The van der Waals surface area contributed by atoms with Crippen LogP contribution in [0, 0.1) is 0 Å². The third-order valence-corrected chi connectivity index (χ3v) is 3.65. The van der Waals surface area contributed by atoms with E-state index in [1.807, 2.05) is 7.05 Å². The summed E-state index contributed by atoms with van der Waals surface area (Å²) >= 11 is 0. The minimum Gasteiger partial charge on any atom is -0.477 e. The van der Waals surface area contributed by atoms with Crippen LogP contribution in [0.5, 0.6) is 0 Å². The van der Waals surface area contributed by atoms with Gasteiger partial charge in [-0.15, -0.1) is 0 Å². The molecule has 0 amide bonds. The van der Waals surface area contributed by atoms with Gasteiger partial charge in [-0.3, -0.25) is 0 Å². The van der Waals surface area contributed by atoms with E-state index in [4.69, 9.17) is 4.74 Å². The molecule has 1 aliphatic heterocycles. The molecule has 7 nitrogen and oxygen atoms in total. The van der Waals surface area contributed by atoms with Crippen LogP contribution >= 0.6 is 0 Å². The van der Waals surface area contributed by atoms with Crippen molar-refractivity contribution in [2.45, 2.75) is 18.8 Å². The van der Waals surface area contributed by atoms with E-state index in [1.165, 1.54) is 0 Å². The van der Waals surface area contributed by atoms with E-state index in [2.05, 4.69) is 15.0 Å². The lowest BCUT2D eigenvalue weighted by atomic mass is 9.95. The second-order valence-electron chi connectivity index (χ2n) is 5.08. The van der Waals surface area contributed by atoms with Gasteiger partial charge in [0.2, 0.25) is 0 Å². The Morgan fingerprint density at radius 2 is 2.14 bits per heavy atom. The quantitative estimate of drug-likeness (QED) is 0.919. The average molecular weight is 288 g/mol. The fourth-order valence-electron chi connectivity index (χ4n) is 2.47. The summed E-state index contributed by atoms with van der Waals surface area (Å²) in [6.45, 7) is 1.36. The van der Waals surface area contributed by atoms with Crippen LogP contribution in [0.25, 0.3) is 11.5 Å². The molecule has 0 spiro atoms. The molecule has 3 rings (SSSR count). The topological polar surface area (TPSA) is 90.1 Å². The molecule has 1 saturated heterocycles. The molecule has 0 radical (unpaired) electrons. The molecule has 3 heterocycles. The molecule has 1 aliphatic rings. The van der Waals surface area contributed by atoms with E-state index in [0.29, 0.717) is 24.7 Å². The molecular weight excluding hydrogens is 272 g/mol. The van der Waals surface area contributed by atoms with Gasteiger partial charge in [0.25, 0.3) is 0 Å². The highest BCUT2D eigenvalue weighted by molar-refractivity contribution is 5.86. The smallest absolute Gasteiger partial charge is 0.354 e. The van der Waals surface area contributed by atoms with Gasteiger partial charge in [-0.05, 0) is 18.9 Å². The van der Waals surface area contributed by atoms with Crippen molar-refractivity contribution in [2.75, 3.05) is 13.2 Å². The van der Waals surface area contributed by atoms with Crippen LogP contribution in [-0.2, 0) is 11.8 Å². The number of ether oxygens (including phenoxy) is 1. The lowest BCUT2D eigenvalue weighted by Gasteiger charge is -2.22. The van der Waals surface area contributed by atoms with Crippen LogP contribution < -0.4 is 0 Å². The Hall–Kier alpha value is -2.28. The number of nitrogens with zero attached hydrogens (tertiary/aromatic N) is 4. The third-order valence-electron chi connectivity index (χ3n) is 3.65. The van der Waals surface area contributed by atoms with Crippen LogP contribution in [-0.4, -0.2) is 43.8 Å². The highest BCUT2D eigenvalue weighted by Crippen LogP contribution is 2.27. The highest BCUT2D eigenvalue weighted by atomic mass is 16.5. The molecule has 1 fully saturated rings. The summed E-state index contributed by atoms with van der Waals surface area (Å²) in [6.07, 6.45) is 4.97. The highest BCUT2D eigenvalue weighted by Gasteiger charge is 2.21. The van der Waals surface area contributed by atoms with E-state index < -0.39 is 5.97 Å². The Morgan fingerprint density at radius 3 is 2.76 bits per heavy atom. The third kappa shape index (κ3) is 2.78. The molecule has 21 heavy (non-hydrogen) atoms. The number of aryl methyl sites for hydroxylation is 1. The molecule has 2 aromatic rings. The Labute approximate surface area is 121 Å². The number of aromatic carboxylic acids is 1. The molecule has 110 valence electrons. The normalized spacial score (nSPS) is 16.0. The molecule has 0 unspecified atom stereocenters. The second-order valence-corrected chi connectivity index (χ2v) is 5.08. The predicted molar refractivity (Wildman–Crippen MR) is 74.0 cm³/mol. The molecule has 0 aliphatic carbocycles. The number of hydrogen-bond acceptors (Lipinski definition) is 5. The van der Waals surface area contributed by atoms with Crippen molar-refractivity contribution in [1.29, 1.82) is 0 Å². The van der Waals surface area contributed by atoms with Crippen molar-refractivity contribution in [3.8, 4) is 11.5 Å². The Morgan fingerprint density at radius 1 is 1.38 bits per heavy atom. The fourth-order valence-corrected chi connectivity index (χ4v) is 2.47. The van der Waals surface area contributed by atoms with Crippen LogP contribution in [0.1, 0.15) is 34.9 Å². The number of hydrogen-bond donors (Lipinski definition) is 1. The van der Waals surface area contributed by atoms with E-state index >= 15 is 0 Å². The molecule has 7 heteroatoms. The summed E-state index contributed by atoms with van der Waals surface area (Å²) < 4.78 is 7.12. The summed E-state index contributed by atoms with van der Waals surface area (Å²) in [6, 6.07) is 1.57. The van der Waals surface area contributed by atoms with Gasteiger partial charge in [0.05, 0.1) is 12.5 Å². The summed E-state index contributed by atoms with van der Waals surface area (Å²) in [4.78, 5) is 24.0. The largest absolute Gasteiger partial charge is 0.477 e. The predicted octanol–water partition coefficient (Wildman–Crippen LogP) is 1.47. The number of imidazole rings is 1. The first-order chi connectivity index (χ1) is 10.1. The maximum atomic E-state index is 11.3. The minimum atomic E-state index is -1.05. The van der Waals surface area contributed by atoms with E-state index in [0.717, 1.165) is 18.5 Å². The van der Waals surface area contributed by atoms with Crippen LogP contribution in [0.3, 0.4) is 0 Å². The zero-order chi connectivity index (χ0) is 14.8. The lowest BCUT2D eigenvalue weighted by Crippen LogP contribution is -2.17. The fraction of sp³-hybridized carbons (Fsp3) is 0.429. The van der Waals surface area contributed by atoms with Gasteiger partial charge in [0, 0.05) is 31.9 Å². The molecule has 0 aromatic carbocycles. The van der Waals surface area contributed by atoms with Crippen molar-refractivity contribution in [3.63, 3.8) is 0 Å². The molecule has 0 atom stereocenters. The first-order valence-electron chi connectivity index (χ1n) is 6.82. The van der Waals surface area contributed by atoms with Gasteiger partial charge >= 0.3 is 5.97 Å². The first-order valence-corrected chi connectivity index (χ1v) is 6.82. The van der Waals surface area contributed by atoms with Gasteiger partial charge in [-0.25, -0.2) is 19.7 Å². The maximum Gasteiger partial charge on any atom is 0.354 e. The van der Waals surface area contributed by atoms with Gasteiger partial charge in [-0.2, -0.15) is 0 Å². The summed E-state index contributed by atoms with van der Waals surface area (Å²) in [5, 5.41) is 9.26. The summed E-state index contributed by atoms with van der Waals surface area (Å²) in [5.41, 5.74) is 1.48. The second kappa shape index (κ2) is 5.61. The molecule has 1 N–H and O–H groups in total. The number of carboxylic acids is 1. The van der Waals surface area contributed by atoms with Crippen LogP contribution in [0.15, 0.2) is 18.6 Å². The van der Waals surface area contributed by atoms with Gasteiger partial charge in [0.1, 0.15) is 5.69 Å².